The quantitative estimate of drug-likeness (QED) is 0.863. The SMILES string of the molecule is CC(Cl)c1nc2cc(F)ccc2n1CCNC(=O)C1CC1. The van der Waals surface area contributed by atoms with E-state index in [0.717, 1.165) is 18.4 Å². The Bertz CT molecular complexity index is 679. The summed E-state index contributed by atoms with van der Waals surface area (Å²) in [6.07, 6.45) is 1.98. The molecule has 1 heterocycles. The van der Waals surface area contributed by atoms with E-state index in [1.807, 2.05) is 11.5 Å². The molecule has 3 rings (SSSR count). The summed E-state index contributed by atoms with van der Waals surface area (Å²) in [6, 6.07) is 4.51. The number of benzene rings is 1. The van der Waals surface area contributed by atoms with Crippen molar-refractivity contribution in [2.24, 2.45) is 5.92 Å². The first-order valence-electron chi connectivity index (χ1n) is 7.13. The molecule has 1 amide bonds. The predicted octanol–water partition coefficient (Wildman–Crippen LogP) is 3.00. The van der Waals surface area contributed by atoms with Crippen molar-refractivity contribution in [1.82, 2.24) is 14.9 Å². The van der Waals surface area contributed by atoms with Crippen molar-refractivity contribution >= 4 is 28.5 Å². The molecule has 2 aromatic rings. The zero-order chi connectivity index (χ0) is 15.0. The highest BCUT2D eigenvalue weighted by atomic mass is 35.5. The Morgan fingerprint density at radius 3 is 3.00 bits per heavy atom. The second kappa shape index (κ2) is 5.64. The maximum atomic E-state index is 13.3. The van der Waals surface area contributed by atoms with Crippen LogP contribution in [0.5, 0.6) is 0 Å². The minimum absolute atomic E-state index is 0.117. The molecule has 1 N–H and O–H groups in total. The fraction of sp³-hybridized carbons (Fsp3) is 0.467. The molecule has 6 heteroatoms. The van der Waals surface area contributed by atoms with E-state index < -0.39 is 0 Å². The molecule has 0 spiro atoms. The molecule has 1 atom stereocenters. The maximum Gasteiger partial charge on any atom is 0.223 e. The van der Waals surface area contributed by atoms with Gasteiger partial charge in [0.05, 0.1) is 16.4 Å². The van der Waals surface area contributed by atoms with Crippen LogP contribution in [0.4, 0.5) is 4.39 Å². The van der Waals surface area contributed by atoms with Crippen molar-refractivity contribution < 1.29 is 9.18 Å². The monoisotopic (exact) mass is 309 g/mol. The summed E-state index contributed by atoms with van der Waals surface area (Å²) in [7, 11) is 0. The number of nitrogens with one attached hydrogen (secondary N) is 1. The normalized spacial score (nSPS) is 16.1. The third-order valence-electron chi connectivity index (χ3n) is 3.68. The molecular weight excluding hydrogens is 293 g/mol. The summed E-state index contributed by atoms with van der Waals surface area (Å²) in [6.45, 7) is 2.93. The fourth-order valence-electron chi connectivity index (χ4n) is 2.44. The number of nitrogens with zero attached hydrogens (tertiary/aromatic N) is 2. The van der Waals surface area contributed by atoms with Crippen LogP contribution in [0.2, 0.25) is 0 Å². The average Bonchev–Trinajstić information content (AvgIpc) is 3.22. The van der Waals surface area contributed by atoms with Gasteiger partial charge in [-0.2, -0.15) is 0 Å². The number of rotatable bonds is 5. The van der Waals surface area contributed by atoms with Gasteiger partial charge in [-0.1, -0.05) is 0 Å². The van der Waals surface area contributed by atoms with Gasteiger partial charge in [-0.05, 0) is 31.9 Å². The number of imidazole rings is 1. The van der Waals surface area contributed by atoms with E-state index in [1.165, 1.54) is 12.1 Å². The highest BCUT2D eigenvalue weighted by molar-refractivity contribution is 6.20. The minimum Gasteiger partial charge on any atom is -0.354 e. The molecule has 1 aliphatic rings. The second-order valence-electron chi connectivity index (χ2n) is 5.44. The van der Waals surface area contributed by atoms with E-state index in [9.17, 15) is 9.18 Å². The number of amides is 1. The highest BCUT2D eigenvalue weighted by Gasteiger charge is 2.29. The van der Waals surface area contributed by atoms with E-state index in [-0.39, 0.29) is 23.0 Å². The Kier molecular flexibility index (Phi) is 3.85. The zero-order valence-electron chi connectivity index (χ0n) is 11.8. The van der Waals surface area contributed by atoms with Gasteiger partial charge >= 0.3 is 0 Å². The Labute approximate surface area is 127 Å². The van der Waals surface area contributed by atoms with E-state index in [4.69, 9.17) is 11.6 Å². The number of hydrogen-bond acceptors (Lipinski definition) is 2. The fourth-order valence-corrected chi connectivity index (χ4v) is 2.61. The largest absolute Gasteiger partial charge is 0.354 e. The Hall–Kier alpha value is -1.62. The summed E-state index contributed by atoms with van der Waals surface area (Å²) < 4.78 is 15.2. The van der Waals surface area contributed by atoms with Crippen LogP contribution in [0.25, 0.3) is 11.0 Å². The van der Waals surface area contributed by atoms with Crippen molar-refractivity contribution in [2.45, 2.75) is 31.7 Å². The number of carbonyl (C=O) groups excluding carboxylic acids is 1. The topological polar surface area (TPSA) is 46.9 Å². The number of alkyl halides is 1. The van der Waals surface area contributed by atoms with Crippen LogP contribution in [0.1, 0.15) is 31.0 Å². The summed E-state index contributed by atoms with van der Waals surface area (Å²) in [4.78, 5) is 16.0. The molecular formula is C15H17ClFN3O. The third kappa shape index (κ3) is 3.02. The molecule has 1 aromatic carbocycles. The van der Waals surface area contributed by atoms with Crippen LogP contribution in [0, 0.1) is 11.7 Å². The lowest BCUT2D eigenvalue weighted by Crippen LogP contribution is -2.28. The highest BCUT2D eigenvalue weighted by Crippen LogP contribution is 2.29. The standard InChI is InChI=1S/C15H17ClFN3O/c1-9(16)14-19-12-8-11(17)4-5-13(12)20(14)7-6-18-15(21)10-2-3-10/h4-5,8-10H,2-3,6-7H2,1H3,(H,18,21). The van der Waals surface area contributed by atoms with E-state index >= 15 is 0 Å². The summed E-state index contributed by atoms with van der Waals surface area (Å²) in [5, 5.41) is 2.64. The lowest BCUT2D eigenvalue weighted by Gasteiger charge is -2.11. The van der Waals surface area contributed by atoms with Crippen molar-refractivity contribution in [2.75, 3.05) is 6.54 Å². The summed E-state index contributed by atoms with van der Waals surface area (Å²) >= 11 is 6.16. The van der Waals surface area contributed by atoms with Gasteiger partial charge < -0.3 is 9.88 Å². The average molecular weight is 310 g/mol. The molecule has 0 saturated heterocycles. The van der Waals surface area contributed by atoms with Crippen molar-refractivity contribution in [3.8, 4) is 0 Å². The lowest BCUT2D eigenvalue weighted by atomic mass is 10.3. The van der Waals surface area contributed by atoms with Gasteiger partial charge in [0.25, 0.3) is 0 Å². The number of carbonyl (C=O) groups is 1. The number of hydrogen-bond donors (Lipinski definition) is 1. The molecule has 1 unspecified atom stereocenters. The molecule has 0 radical (unpaired) electrons. The number of fused-ring (bicyclic) bond motifs is 1. The van der Waals surface area contributed by atoms with Gasteiger partial charge in [0.2, 0.25) is 5.91 Å². The smallest absolute Gasteiger partial charge is 0.223 e. The molecule has 21 heavy (non-hydrogen) atoms. The number of aromatic nitrogens is 2. The second-order valence-corrected chi connectivity index (χ2v) is 6.09. The molecule has 1 saturated carbocycles. The predicted molar refractivity (Wildman–Crippen MR) is 79.7 cm³/mol. The van der Waals surface area contributed by atoms with Crippen molar-refractivity contribution in [3.63, 3.8) is 0 Å². The van der Waals surface area contributed by atoms with E-state index in [1.54, 1.807) is 6.07 Å². The molecule has 1 aliphatic carbocycles. The molecule has 1 fully saturated rings. The molecule has 4 nitrogen and oxygen atoms in total. The van der Waals surface area contributed by atoms with Gasteiger partial charge in [-0.25, -0.2) is 9.37 Å². The first-order valence-corrected chi connectivity index (χ1v) is 7.57. The molecule has 0 aliphatic heterocycles. The maximum absolute atomic E-state index is 13.3. The van der Waals surface area contributed by atoms with Crippen LogP contribution in [-0.4, -0.2) is 22.0 Å². The molecule has 0 bridgehead atoms. The number of halogens is 2. The van der Waals surface area contributed by atoms with Gasteiger partial charge in [-0.15, -0.1) is 11.6 Å². The third-order valence-corrected chi connectivity index (χ3v) is 3.87. The van der Waals surface area contributed by atoms with Crippen molar-refractivity contribution in [1.29, 1.82) is 0 Å². The zero-order valence-corrected chi connectivity index (χ0v) is 12.5. The Morgan fingerprint density at radius 2 is 2.33 bits per heavy atom. The van der Waals surface area contributed by atoms with Gasteiger partial charge in [0.15, 0.2) is 0 Å². The van der Waals surface area contributed by atoms with Crippen LogP contribution >= 0.6 is 11.6 Å². The Balaban J connectivity index is 1.81. The van der Waals surface area contributed by atoms with Gasteiger partial charge in [0.1, 0.15) is 11.6 Å². The summed E-state index contributed by atoms with van der Waals surface area (Å²) in [5.41, 5.74) is 1.42. The molecule has 112 valence electrons. The van der Waals surface area contributed by atoms with E-state index in [2.05, 4.69) is 10.3 Å². The van der Waals surface area contributed by atoms with Crippen LogP contribution < -0.4 is 5.32 Å². The van der Waals surface area contributed by atoms with Crippen LogP contribution in [0.3, 0.4) is 0 Å². The molecule has 1 aromatic heterocycles. The van der Waals surface area contributed by atoms with Gasteiger partial charge in [0, 0.05) is 25.1 Å². The first kappa shape index (κ1) is 14.3. The summed E-state index contributed by atoms with van der Waals surface area (Å²) in [5.74, 6) is 0.692. The van der Waals surface area contributed by atoms with Crippen LogP contribution in [-0.2, 0) is 11.3 Å². The van der Waals surface area contributed by atoms with E-state index in [0.29, 0.717) is 24.4 Å². The minimum atomic E-state index is -0.317. The first-order chi connectivity index (χ1) is 10.1. The van der Waals surface area contributed by atoms with Crippen molar-refractivity contribution in [3.05, 3.63) is 29.8 Å². The lowest BCUT2D eigenvalue weighted by molar-refractivity contribution is -0.122. The van der Waals surface area contributed by atoms with Gasteiger partial charge in [-0.3, -0.25) is 4.79 Å². The Morgan fingerprint density at radius 1 is 1.57 bits per heavy atom. The van der Waals surface area contributed by atoms with Crippen LogP contribution in [0.15, 0.2) is 18.2 Å².